The molecule has 0 saturated carbocycles. The van der Waals surface area contributed by atoms with Crippen molar-refractivity contribution >= 4 is 40.3 Å². The summed E-state index contributed by atoms with van der Waals surface area (Å²) in [5.41, 5.74) is 4.08. The van der Waals surface area contributed by atoms with E-state index >= 15 is 0 Å². The lowest BCUT2D eigenvalue weighted by atomic mass is 10.1. The number of rotatable bonds is 8. The van der Waals surface area contributed by atoms with Gasteiger partial charge in [-0.2, -0.15) is 0 Å². The van der Waals surface area contributed by atoms with Gasteiger partial charge in [-0.15, -0.1) is 11.3 Å². The molecule has 0 spiro atoms. The molecule has 33 heavy (non-hydrogen) atoms. The van der Waals surface area contributed by atoms with Gasteiger partial charge in [-0.25, -0.2) is 4.98 Å². The van der Waals surface area contributed by atoms with Crippen LogP contribution < -0.4 is 10.1 Å². The maximum absolute atomic E-state index is 12.3. The third-order valence-electron chi connectivity index (χ3n) is 5.05. The summed E-state index contributed by atoms with van der Waals surface area (Å²) in [6, 6.07) is 22.0. The first-order chi connectivity index (χ1) is 16.0. The van der Waals surface area contributed by atoms with Gasteiger partial charge in [0.05, 0.1) is 12.8 Å². The van der Waals surface area contributed by atoms with Crippen LogP contribution in [-0.4, -0.2) is 23.8 Å². The van der Waals surface area contributed by atoms with Crippen LogP contribution in [0.5, 0.6) is 5.75 Å². The van der Waals surface area contributed by atoms with E-state index < -0.39 is 0 Å². The molecule has 0 radical (unpaired) electrons. The summed E-state index contributed by atoms with van der Waals surface area (Å²) in [6.45, 7) is 0. The van der Waals surface area contributed by atoms with Crippen LogP contribution in [0.3, 0.4) is 0 Å². The van der Waals surface area contributed by atoms with Gasteiger partial charge in [-0.3, -0.25) is 9.59 Å². The van der Waals surface area contributed by atoms with E-state index in [0.717, 1.165) is 21.8 Å². The molecule has 1 amide bonds. The number of anilines is 1. The Morgan fingerprint density at radius 3 is 2.24 bits per heavy atom. The second-order valence-corrected chi connectivity index (χ2v) is 8.62. The monoisotopic (exact) mass is 476 g/mol. The lowest BCUT2D eigenvalue weighted by Crippen LogP contribution is -2.13. The fraction of sp³-hybridized carbons (Fsp3) is 0.115. The molecule has 1 heterocycles. The van der Waals surface area contributed by atoms with Crippen molar-refractivity contribution in [2.45, 2.75) is 12.8 Å². The minimum Gasteiger partial charge on any atom is -0.497 e. The molecule has 0 saturated heterocycles. The Morgan fingerprint density at radius 2 is 1.58 bits per heavy atom. The zero-order chi connectivity index (χ0) is 23.2. The number of ketones is 1. The minimum absolute atomic E-state index is 0.0804. The van der Waals surface area contributed by atoms with Crippen LogP contribution in [0.2, 0.25) is 5.02 Å². The second-order valence-electron chi connectivity index (χ2n) is 7.32. The van der Waals surface area contributed by atoms with Crippen LogP contribution in [0.1, 0.15) is 23.2 Å². The number of Topliss-reactive ketones (excluding diaryl/α,β-unsaturated/α-hetero) is 1. The highest BCUT2D eigenvalue weighted by molar-refractivity contribution is 7.13. The smallest absolute Gasteiger partial charge is 0.224 e. The van der Waals surface area contributed by atoms with Crippen molar-refractivity contribution < 1.29 is 14.3 Å². The first-order valence-corrected chi connectivity index (χ1v) is 11.6. The predicted octanol–water partition coefficient (Wildman–Crippen LogP) is 6.74. The van der Waals surface area contributed by atoms with E-state index in [-0.39, 0.29) is 24.5 Å². The summed E-state index contributed by atoms with van der Waals surface area (Å²) in [5, 5.41) is 6.45. The number of carbonyl (C=O) groups excluding carboxylic acids is 2. The number of aromatic nitrogens is 1. The van der Waals surface area contributed by atoms with Crippen LogP contribution in [0, 0.1) is 0 Å². The normalized spacial score (nSPS) is 10.6. The molecule has 0 aliphatic rings. The highest BCUT2D eigenvalue weighted by atomic mass is 35.5. The molecule has 0 aliphatic carbocycles. The Kier molecular flexibility index (Phi) is 7.17. The van der Waals surface area contributed by atoms with E-state index in [9.17, 15) is 9.59 Å². The molecule has 3 aromatic carbocycles. The summed E-state index contributed by atoms with van der Waals surface area (Å²) in [6.07, 6.45) is 0.256. The first-order valence-electron chi connectivity index (χ1n) is 10.3. The Hall–Kier alpha value is -3.48. The van der Waals surface area contributed by atoms with Crippen LogP contribution >= 0.6 is 22.9 Å². The largest absolute Gasteiger partial charge is 0.497 e. The fourth-order valence-corrected chi connectivity index (χ4v) is 4.19. The number of nitrogens with one attached hydrogen (secondary N) is 1. The van der Waals surface area contributed by atoms with Gasteiger partial charge in [0.2, 0.25) is 5.91 Å². The third-order valence-corrected chi connectivity index (χ3v) is 6.19. The molecule has 0 bridgehead atoms. The SMILES string of the molecule is COc1ccc(C(=O)CCC(=O)Nc2ccc(-c3csc(-c4ccc(Cl)cc4)n3)cc2)cc1. The van der Waals surface area contributed by atoms with Gasteiger partial charge in [-0.05, 0) is 48.5 Å². The number of ether oxygens (including phenoxy) is 1. The van der Waals surface area contributed by atoms with Crippen molar-refractivity contribution in [3.63, 3.8) is 0 Å². The highest BCUT2D eigenvalue weighted by Gasteiger charge is 2.11. The summed E-state index contributed by atoms with van der Waals surface area (Å²) in [5.74, 6) is 0.401. The average Bonchev–Trinajstić information content (AvgIpc) is 3.34. The number of halogens is 1. The van der Waals surface area contributed by atoms with Crippen molar-refractivity contribution in [2.24, 2.45) is 0 Å². The van der Waals surface area contributed by atoms with Crippen LogP contribution in [0.4, 0.5) is 5.69 Å². The average molecular weight is 477 g/mol. The number of methoxy groups -OCH3 is 1. The van der Waals surface area contributed by atoms with Gasteiger partial charge in [-0.1, -0.05) is 35.9 Å². The summed E-state index contributed by atoms with van der Waals surface area (Å²) < 4.78 is 5.09. The Bertz CT molecular complexity index is 1250. The van der Waals surface area contributed by atoms with Crippen molar-refractivity contribution in [3.05, 3.63) is 88.8 Å². The van der Waals surface area contributed by atoms with Gasteiger partial charge in [0.1, 0.15) is 10.8 Å². The molecule has 1 aromatic heterocycles. The lowest BCUT2D eigenvalue weighted by molar-refractivity contribution is -0.116. The molecule has 5 nitrogen and oxygen atoms in total. The van der Waals surface area contributed by atoms with Crippen molar-refractivity contribution in [2.75, 3.05) is 12.4 Å². The number of benzene rings is 3. The van der Waals surface area contributed by atoms with E-state index in [1.165, 1.54) is 0 Å². The van der Waals surface area contributed by atoms with E-state index in [1.807, 2.05) is 53.9 Å². The maximum Gasteiger partial charge on any atom is 0.224 e. The molecule has 0 unspecified atom stereocenters. The van der Waals surface area contributed by atoms with E-state index in [2.05, 4.69) is 5.32 Å². The summed E-state index contributed by atoms with van der Waals surface area (Å²) >= 11 is 7.52. The fourth-order valence-electron chi connectivity index (χ4n) is 3.23. The maximum atomic E-state index is 12.3. The van der Waals surface area contributed by atoms with Crippen molar-refractivity contribution in [1.29, 1.82) is 0 Å². The minimum atomic E-state index is -0.205. The zero-order valence-corrected chi connectivity index (χ0v) is 19.5. The molecule has 0 atom stereocenters. The molecule has 4 aromatic rings. The lowest BCUT2D eigenvalue weighted by Gasteiger charge is -2.06. The second kappa shape index (κ2) is 10.4. The molecule has 0 fully saturated rings. The number of amides is 1. The molecule has 1 N–H and O–H groups in total. The van der Waals surface area contributed by atoms with E-state index in [4.69, 9.17) is 21.3 Å². The van der Waals surface area contributed by atoms with E-state index in [1.54, 1.807) is 42.7 Å². The Balaban J connectivity index is 1.32. The molecule has 7 heteroatoms. The molecular formula is C26H21ClN2O3S. The first kappa shape index (κ1) is 22.7. The Labute approximate surface area is 201 Å². The molecular weight excluding hydrogens is 456 g/mol. The quantitative estimate of drug-likeness (QED) is 0.286. The number of thiazole rings is 1. The van der Waals surface area contributed by atoms with Crippen LogP contribution in [0.15, 0.2) is 78.2 Å². The molecule has 0 aliphatic heterocycles. The van der Waals surface area contributed by atoms with Gasteiger partial charge < -0.3 is 10.1 Å². The van der Waals surface area contributed by atoms with Gasteiger partial charge in [0, 0.05) is 45.6 Å². The van der Waals surface area contributed by atoms with Crippen LogP contribution in [-0.2, 0) is 4.79 Å². The summed E-state index contributed by atoms with van der Waals surface area (Å²) in [4.78, 5) is 29.3. The highest BCUT2D eigenvalue weighted by Crippen LogP contribution is 2.30. The number of hydrogen-bond donors (Lipinski definition) is 1. The van der Waals surface area contributed by atoms with Crippen molar-refractivity contribution in [3.8, 4) is 27.6 Å². The Morgan fingerprint density at radius 1 is 0.909 bits per heavy atom. The topological polar surface area (TPSA) is 68.3 Å². The van der Waals surface area contributed by atoms with E-state index in [0.29, 0.717) is 22.0 Å². The predicted molar refractivity (Wildman–Crippen MR) is 133 cm³/mol. The van der Waals surface area contributed by atoms with Gasteiger partial charge in [0.15, 0.2) is 5.78 Å². The van der Waals surface area contributed by atoms with Gasteiger partial charge in [0.25, 0.3) is 0 Å². The number of hydrogen-bond acceptors (Lipinski definition) is 5. The number of nitrogens with zero attached hydrogens (tertiary/aromatic N) is 1. The van der Waals surface area contributed by atoms with Gasteiger partial charge >= 0.3 is 0 Å². The molecule has 166 valence electrons. The summed E-state index contributed by atoms with van der Waals surface area (Å²) in [7, 11) is 1.57. The standard InChI is InChI=1S/C26H21ClN2O3S/c1-32-22-12-6-18(7-13-22)24(30)14-15-25(31)28-21-10-4-17(5-11-21)23-16-33-26(29-23)19-2-8-20(27)9-3-19/h2-13,16H,14-15H2,1H3,(H,28,31). The van der Waals surface area contributed by atoms with Crippen molar-refractivity contribution in [1.82, 2.24) is 4.98 Å². The number of carbonyl (C=O) groups is 2. The third kappa shape index (κ3) is 5.86. The molecule has 4 rings (SSSR count). The zero-order valence-electron chi connectivity index (χ0n) is 17.9. The van der Waals surface area contributed by atoms with Crippen LogP contribution in [0.25, 0.3) is 21.8 Å².